The van der Waals surface area contributed by atoms with Crippen molar-refractivity contribution in [2.24, 2.45) is 10.9 Å². The molecule has 20 heavy (non-hydrogen) atoms. The van der Waals surface area contributed by atoms with Crippen LogP contribution < -0.4 is 5.73 Å². The predicted molar refractivity (Wildman–Crippen MR) is 86.4 cm³/mol. The Balaban J connectivity index is 1.91. The molecule has 1 aromatic heterocycles. The van der Waals surface area contributed by atoms with Crippen LogP contribution in [0.5, 0.6) is 0 Å². The first-order chi connectivity index (χ1) is 9.45. The first-order valence-electron chi connectivity index (χ1n) is 6.62. The third-order valence-corrected chi connectivity index (χ3v) is 5.87. The van der Waals surface area contributed by atoms with Gasteiger partial charge >= 0.3 is 0 Å². The molecule has 0 bridgehead atoms. The van der Waals surface area contributed by atoms with Gasteiger partial charge in [0.05, 0.1) is 5.54 Å². The van der Waals surface area contributed by atoms with Gasteiger partial charge in [0.1, 0.15) is 0 Å². The van der Waals surface area contributed by atoms with E-state index in [-0.39, 0.29) is 5.84 Å². The Morgan fingerprint density at radius 2 is 2.10 bits per heavy atom. The number of nitrogens with two attached hydrogens (primary N) is 1. The summed E-state index contributed by atoms with van der Waals surface area (Å²) in [7, 11) is 0. The van der Waals surface area contributed by atoms with Crippen molar-refractivity contribution in [1.29, 1.82) is 0 Å². The van der Waals surface area contributed by atoms with Gasteiger partial charge in [-0.1, -0.05) is 5.16 Å². The number of piperazine rings is 1. The molecule has 2 heterocycles. The molecule has 0 saturated carbocycles. The van der Waals surface area contributed by atoms with Gasteiger partial charge in [-0.05, 0) is 41.2 Å². The Bertz CT molecular complexity index is 480. The zero-order valence-electron chi connectivity index (χ0n) is 11.8. The minimum Gasteiger partial charge on any atom is -0.409 e. The summed E-state index contributed by atoms with van der Waals surface area (Å²) < 4.78 is 1.20. The van der Waals surface area contributed by atoms with E-state index < -0.39 is 5.54 Å². The molecule has 7 heteroatoms. The molecule has 0 aliphatic carbocycles. The second-order valence-electron chi connectivity index (χ2n) is 5.50. The highest BCUT2D eigenvalue weighted by atomic mass is 79.9. The summed E-state index contributed by atoms with van der Waals surface area (Å²) in [5.74, 6) is 0.270. The van der Waals surface area contributed by atoms with Gasteiger partial charge in [-0.25, -0.2) is 0 Å². The molecule has 112 valence electrons. The van der Waals surface area contributed by atoms with Gasteiger partial charge in [0.15, 0.2) is 5.84 Å². The normalized spacial score (nSPS) is 19.4. The summed E-state index contributed by atoms with van der Waals surface area (Å²) in [4.78, 5) is 6.08. The molecule has 1 aliphatic rings. The fraction of sp³-hybridized carbons (Fsp3) is 0.615. The van der Waals surface area contributed by atoms with Gasteiger partial charge in [0.25, 0.3) is 0 Å². The van der Waals surface area contributed by atoms with E-state index in [1.54, 1.807) is 11.3 Å². The van der Waals surface area contributed by atoms with Crippen molar-refractivity contribution >= 4 is 33.1 Å². The van der Waals surface area contributed by atoms with E-state index in [1.807, 2.05) is 13.8 Å². The second kappa shape index (κ2) is 6.43. The number of nitrogens with zero attached hydrogens (tertiary/aromatic N) is 3. The van der Waals surface area contributed by atoms with Crippen LogP contribution in [0.25, 0.3) is 0 Å². The third-order valence-electron chi connectivity index (χ3n) is 3.96. The van der Waals surface area contributed by atoms with Crippen LogP contribution in [0.4, 0.5) is 0 Å². The van der Waals surface area contributed by atoms with Crippen LogP contribution in [0.3, 0.4) is 0 Å². The number of rotatable bonds is 4. The van der Waals surface area contributed by atoms with Crippen molar-refractivity contribution in [3.8, 4) is 0 Å². The van der Waals surface area contributed by atoms with Gasteiger partial charge in [-0.2, -0.15) is 0 Å². The van der Waals surface area contributed by atoms with Gasteiger partial charge in [-0.15, -0.1) is 11.3 Å². The van der Waals surface area contributed by atoms with E-state index in [9.17, 15) is 0 Å². The highest BCUT2D eigenvalue weighted by Crippen LogP contribution is 2.25. The van der Waals surface area contributed by atoms with E-state index >= 15 is 0 Å². The fourth-order valence-corrected chi connectivity index (χ4v) is 3.91. The Hall–Kier alpha value is -0.630. The fourth-order valence-electron chi connectivity index (χ4n) is 2.39. The molecule has 1 fully saturated rings. The lowest BCUT2D eigenvalue weighted by Gasteiger charge is -2.43. The van der Waals surface area contributed by atoms with Crippen molar-refractivity contribution < 1.29 is 5.21 Å². The van der Waals surface area contributed by atoms with Crippen LogP contribution in [0, 0.1) is 0 Å². The zero-order valence-corrected chi connectivity index (χ0v) is 14.2. The molecule has 1 aliphatic heterocycles. The first kappa shape index (κ1) is 15.8. The third kappa shape index (κ3) is 3.33. The Kier molecular flexibility index (Phi) is 5.06. The smallest absolute Gasteiger partial charge is 0.159 e. The standard InChI is InChI=1S/C13H21BrN4OS/c1-13(2,12(15)16-19)18-6-4-17(5-7-18)9-11-10(14)3-8-20-11/h3,8,19H,4-7,9H2,1-2H3,(H2,15,16). The maximum Gasteiger partial charge on any atom is 0.159 e. The summed E-state index contributed by atoms with van der Waals surface area (Å²) in [5.41, 5.74) is 5.39. The molecular formula is C13H21BrN4OS. The lowest BCUT2D eigenvalue weighted by molar-refractivity contribution is 0.0798. The summed E-state index contributed by atoms with van der Waals surface area (Å²) >= 11 is 5.36. The summed E-state index contributed by atoms with van der Waals surface area (Å²) in [5, 5.41) is 14.1. The summed E-state index contributed by atoms with van der Waals surface area (Å²) in [6.45, 7) is 8.80. The van der Waals surface area contributed by atoms with E-state index in [1.165, 1.54) is 9.35 Å². The molecule has 0 atom stereocenters. The van der Waals surface area contributed by atoms with E-state index in [0.29, 0.717) is 0 Å². The topological polar surface area (TPSA) is 65.1 Å². The van der Waals surface area contributed by atoms with Crippen LogP contribution in [-0.2, 0) is 6.54 Å². The van der Waals surface area contributed by atoms with Crippen LogP contribution >= 0.6 is 27.3 Å². The monoisotopic (exact) mass is 360 g/mol. The molecule has 0 radical (unpaired) electrons. The minimum absolute atomic E-state index is 0.270. The van der Waals surface area contributed by atoms with E-state index in [4.69, 9.17) is 10.9 Å². The number of halogens is 1. The predicted octanol–water partition coefficient (Wildman–Crippen LogP) is 2.15. The van der Waals surface area contributed by atoms with Gasteiger partial charge in [0, 0.05) is 42.1 Å². The zero-order chi connectivity index (χ0) is 14.8. The van der Waals surface area contributed by atoms with Crippen LogP contribution in [0.2, 0.25) is 0 Å². The van der Waals surface area contributed by atoms with Crippen LogP contribution in [0.1, 0.15) is 18.7 Å². The largest absolute Gasteiger partial charge is 0.409 e. The molecule has 0 aromatic carbocycles. The SMILES string of the molecule is CC(C)(C(N)=NO)N1CCN(Cc2sccc2Br)CC1. The highest BCUT2D eigenvalue weighted by Gasteiger charge is 2.33. The van der Waals surface area contributed by atoms with Gasteiger partial charge in [-0.3, -0.25) is 9.80 Å². The molecule has 0 amide bonds. The Morgan fingerprint density at radius 3 is 2.60 bits per heavy atom. The molecule has 1 aromatic rings. The van der Waals surface area contributed by atoms with Crippen molar-refractivity contribution in [3.63, 3.8) is 0 Å². The first-order valence-corrected chi connectivity index (χ1v) is 8.29. The summed E-state index contributed by atoms with van der Waals surface area (Å²) in [6.07, 6.45) is 0. The minimum atomic E-state index is -0.398. The number of oxime groups is 1. The quantitative estimate of drug-likeness (QED) is 0.373. The lowest BCUT2D eigenvalue weighted by atomic mass is 10.0. The molecule has 1 saturated heterocycles. The van der Waals surface area contributed by atoms with Crippen LogP contribution in [-0.4, -0.2) is 52.6 Å². The van der Waals surface area contributed by atoms with E-state index in [2.05, 4.69) is 42.3 Å². The van der Waals surface area contributed by atoms with Crippen molar-refractivity contribution in [2.75, 3.05) is 26.2 Å². The van der Waals surface area contributed by atoms with Gasteiger partial charge < -0.3 is 10.9 Å². The van der Waals surface area contributed by atoms with Crippen LogP contribution in [0.15, 0.2) is 21.1 Å². The Labute approximate surface area is 132 Å². The maximum atomic E-state index is 8.88. The second-order valence-corrected chi connectivity index (χ2v) is 7.35. The number of amidine groups is 1. The maximum absolute atomic E-state index is 8.88. The number of thiophene rings is 1. The number of hydrogen-bond acceptors (Lipinski definition) is 5. The van der Waals surface area contributed by atoms with Crippen molar-refractivity contribution in [3.05, 3.63) is 20.8 Å². The van der Waals surface area contributed by atoms with E-state index in [0.717, 1.165) is 32.7 Å². The van der Waals surface area contributed by atoms with Crippen molar-refractivity contribution in [1.82, 2.24) is 9.80 Å². The Morgan fingerprint density at radius 1 is 1.45 bits per heavy atom. The van der Waals surface area contributed by atoms with Gasteiger partial charge in [0.2, 0.25) is 0 Å². The average molecular weight is 361 g/mol. The molecular weight excluding hydrogens is 340 g/mol. The summed E-state index contributed by atoms with van der Waals surface area (Å²) in [6, 6.07) is 2.10. The molecule has 0 spiro atoms. The molecule has 0 unspecified atom stereocenters. The lowest BCUT2D eigenvalue weighted by Crippen LogP contribution is -2.59. The highest BCUT2D eigenvalue weighted by molar-refractivity contribution is 9.10. The molecule has 3 N–H and O–H groups in total. The number of hydrogen-bond donors (Lipinski definition) is 2. The average Bonchev–Trinajstić information content (AvgIpc) is 2.84. The molecule has 2 rings (SSSR count). The molecule has 5 nitrogen and oxygen atoms in total. The van der Waals surface area contributed by atoms with Crippen molar-refractivity contribution in [2.45, 2.75) is 25.9 Å².